The smallest absolute Gasteiger partial charge is 0.274 e. The number of carbonyl (C=O) groups is 1. The largest absolute Gasteiger partial charge is 0.337 e. The van der Waals surface area contributed by atoms with Crippen molar-refractivity contribution in [2.45, 2.75) is 32.4 Å². The van der Waals surface area contributed by atoms with Gasteiger partial charge in [0.2, 0.25) is 0 Å². The van der Waals surface area contributed by atoms with E-state index in [1.807, 2.05) is 11.0 Å². The predicted octanol–water partition coefficient (Wildman–Crippen LogP) is 1.25. The van der Waals surface area contributed by atoms with Crippen LogP contribution in [-0.4, -0.2) is 64.8 Å². The summed E-state index contributed by atoms with van der Waals surface area (Å²) in [6.07, 6.45) is 3.16. The molecular formula is C22H30N6O. The Morgan fingerprint density at radius 3 is 2.59 bits per heavy atom. The number of fused-ring (bicyclic) bond motifs is 1. The number of amides is 1. The van der Waals surface area contributed by atoms with E-state index in [0.717, 1.165) is 77.2 Å². The summed E-state index contributed by atoms with van der Waals surface area (Å²) in [7, 11) is 0. The van der Waals surface area contributed by atoms with Gasteiger partial charge in [-0.25, -0.2) is 0 Å². The molecule has 4 heterocycles. The third-order valence-corrected chi connectivity index (χ3v) is 6.41. The molecule has 7 heteroatoms. The van der Waals surface area contributed by atoms with Crippen molar-refractivity contribution < 1.29 is 4.79 Å². The van der Waals surface area contributed by atoms with Crippen molar-refractivity contribution in [2.24, 2.45) is 5.92 Å². The first-order valence-corrected chi connectivity index (χ1v) is 10.9. The number of benzene rings is 1. The van der Waals surface area contributed by atoms with Gasteiger partial charge in [0.15, 0.2) is 5.69 Å². The summed E-state index contributed by atoms with van der Waals surface area (Å²) < 4.78 is 2.09. The van der Waals surface area contributed by atoms with Crippen LogP contribution in [0.15, 0.2) is 30.3 Å². The van der Waals surface area contributed by atoms with Crippen LogP contribution >= 0.6 is 0 Å². The van der Waals surface area contributed by atoms with Crippen LogP contribution < -0.4 is 10.9 Å². The van der Waals surface area contributed by atoms with Crippen LogP contribution in [0, 0.1) is 5.92 Å². The lowest BCUT2D eigenvalue weighted by Gasteiger charge is -2.29. The highest BCUT2D eigenvalue weighted by Crippen LogP contribution is 2.26. The van der Waals surface area contributed by atoms with Crippen LogP contribution in [0.5, 0.6) is 0 Å². The molecule has 5 rings (SSSR count). The Morgan fingerprint density at radius 2 is 1.83 bits per heavy atom. The molecule has 2 saturated heterocycles. The van der Waals surface area contributed by atoms with Crippen LogP contribution in [0.3, 0.4) is 0 Å². The maximum Gasteiger partial charge on any atom is 0.274 e. The van der Waals surface area contributed by atoms with Crippen molar-refractivity contribution in [2.75, 3.05) is 39.3 Å². The van der Waals surface area contributed by atoms with Crippen molar-refractivity contribution in [1.29, 1.82) is 0 Å². The first-order valence-electron chi connectivity index (χ1n) is 10.9. The van der Waals surface area contributed by atoms with Gasteiger partial charge in [-0.15, -0.1) is 0 Å². The van der Waals surface area contributed by atoms with E-state index in [4.69, 9.17) is 5.10 Å². The molecule has 0 bridgehead atoms. The monoisotopic (exact) mass is 394 g/mol. The normalized spacial score (nSPS) is 20.3. The molecule has 0 spiro atoms. The molecule has 2 N–H and O–H groups in total. The number of rotatable bonds is 5. The molecule has 0 radical (unpaired) electrons. The SMILES string of the molecule is O=C(c1nn(Cc2ccccc2)c2c1CN(CC1CNNC1)CC2)N1CCCC1. The molecule has 154 valence electrons. The molecule has 0 saturated carbocycles. The number of likely N-dealkylation sites (tertiary alicyclic amines) is 1. The van der Waals surface area contributed by atoms with E-state index < -0.39 is 0 Å². The summed E-state index contributed by atoms with van der Waals surface area (Å²) in [5, 5.41) is 4.87. The molecule has 1 aromatic heterocycles. The van der Waals surface area contributed by atoms with Gasteiger partial charge in [-0.2, -0.15) is 5.10 Å². The van der Waals surface area contributed by atoms with Gasteiger partial charge < -0.3 is 4.90 Å². The van der Waals surface area contributed by atoms with E-state index in [9.17, 15) is 4.79 Å². The molecular weight excluding hydrogens is 364 g/mol. The van der Waals surface area contributed by atoms with Crippen LogP contribution in [0.4, 0.5) is 0 Å². The maximum atomic E-state index is 13.2. The van der Waals surface area contributed by atoms with Crippen molar-refractivity contribution in [3.63, 3.8) is 0 Å². The summed E-state index contributed by atoms with van der Waals surface area (Å²) in [5.74, 6) is 0.741. The van der Waals surface area contributed by atoms with Crippen molar-refractivity contribution in [1.82, 2.24) is 30.4 Å². The van der Waals surface area contributed by atoms with Gasteiger partial charge in [-0.1, -0.05) is 30.3 Å². The fourth-order valence-corrected chi connectivity index (χ4v) is 4.83. The molecule has 1 amide bonds. The van der Waals surface area contributed by atoms with Crippen LogP contribution in [0.1, 0.15) is 40.2 Å². The summed E-state index contributed by atoms with van der Waals surface area (Å²) in [4.78, 5) is 17.7. The maximum absolute atomic E-state index is 13.2. The Balaban J connectivity index is 1.42. The van der Waals surface area contributed by atoms with Crippen LogP contribution in [-0.2, 0) is 19.5 Å². The minimum atomic E-state index is 0.122. The van der Waals surface area contributed by atoms with E-state index >= 15 is 0 Å². The number of carbonyl (C=O) groups excluding carboxylic acids is 1. The van der Waals surface area contributed by atoms with E-state index in [1.165, 1.54) is 11.3 Å². The standard InChI is InChI=1S/C22H30N6O/c29-22(27-9-4-5-10-27)21-19-16-26(14-18-12-23-24-13-18)11-8-20(19)28(25-21)15-17-6-2-1-3-7-17/h1-3,6-7,18,23-24H,4-5,8-16H2. The number of nitrogens with one attached hydrogen (secondary N) is 2. The van der Waals surface area contributed by atoms with Gasteiger partial charge in [-0.3, -0.25) is 25.2 Å². The van der Waals surface area contributed by atoms with E-state index in [-0.39, 0.29) is 5.91 Å². The Hall–Kier alpha value is -2.22. The number of aromatic nitrogens is 2. The molecule has 3 aliphatic heterocycles. The zero-order valence-corrected chi connectivity index (χ0v) is 16.9. The van der Waals surface area contributed by atoms with Gasteiger partial charge in [-0.05, 0) is 24.3 Å². The minimum Gasteiger partial charge on any atom is -0.337 e. The lowest BCUT2D eigenvalue weighted by molar-refractivity contribution is 0.0783. The van der Waals surface area contributed by atoms with Crippen LogP contribution in [0.25, 0.3) is 0 Å². The quantitative estimate of drug-likeness (QED) is 0.799. The van der Waals surface area contributed by atoms with Gasteiger partial charge >= 0.3 is 0 Å². The number of hydrazine groups is 1. The third kappa shape index (κ3) is 3.95. The lowest BCUT2D eigenvalue weighted by Crippen LogP contribution is -2.37. The lowest BCUT2D eigenvalue weighted by atomic mass is 10.0. The zero-order chi connectivity index (χ0) is 19.6. The number of nitrogens with zero attached hydrogens (tertiary/aromatic N) is 4. The molecule has 0 aliphatic carbocycles. The van der Waals surface area contributed by atoms with Crippen molar-refractivity contribution in [3.05, 3.63) is 52.8 Å². The summed E-state index contributed by atoms with van der Waals surface area (Å²) >= 11 is 0. The third-order valence-electron chi connectivity index (χ3n) is 6.41. The second kappa shape index (κ2) is 8.26. The first-order chi connectivity index (χ1) is 14.3. The fourth-order valence-electron chi connectivity index (χ4n) is 4.83. The Bertz CT molecular complexity index is 852. The molecule has 29 heavy (non-hydrogen) atoms. The molecule has 0 unspecified atom stereocenters. The van der Waals surface area contributed by atoms with E-state index in [0.29, 0.717) is 11.6 Å². The fraction of sp³-hybridized carbons (Fsp3) is 0.545. The number of hydrogen-bond acceptors (Lipinski definition) is 5. The Labute approximate surface area is 172 Å². The van der Waals surface area contributed by atoms with E-state index in [1.54, 1.807) is 0 Å². The average molecular weight is 395 g/mol. The van der Waals surface area contributed by atoms with Crippen molar-refractivity contribution in [3.8, 4) is 0 Å². The second-order valence-electron chi connectivity index (χ2n) is 8.53. The van der Waals surface area contributed by atoms with E-state index in [2.05, 4.69) is 44.7 Å². The van der Waals surface area contributed by atoms with Gasteiger partial charge in [0.05, 0.1) is 6.54 Å². The summed E-state index contributed by atoms with van der Waals surface area (Å²) in [6, 6.07) is 10.4. The average Bonchev–Trinajstić information content (AvgIpc) is 3.50. The van der Waals surface area contributed by atoms with Crippen molar-refractivity contribution >= 4 is 5.91 Å². The molecule has 2 fully saturated rings. The molecule has 2 aromatic rings. The molecule has 0 atom stereocenters. The molecule has 3 aliphatic rings. The minimum absolute atomic E-state index is 0.122. The van der Waals surface area contributed by atoms with Crippen LogP contribution in [0.2, 0.25) is 0 Å². The molecule has 1 aromatic carbocycles. The highest BCUT2D eigenvalue weighted by molar-refractivity contribution is 5.94. The van der Waals surface area contributed by atoms with Gasteiger partial charge in [0, 0.05) is 63.5 Å². The second-order valence-corrected chi connectivity index (χ2v) is 8.53. The summed E-state index contributed by atoms with van der Waals surface area (Å²) in [5.41, 5.74) is 10.8. The Morgan fingerprint density at radius 1 is 1.07 bits per heavy atom. The van der Waals surface area contributed by atoms with Gasteiger partial charge in [0.1, 0.15) is 0 Å². The topological polar surface area (TPSA) is 65.4 Å². The zero-order valence-electron chi connectivity index (χ0n) is 16.9. The summed E-state index contributed by atoms with van der Waals surface area (Å²) in [6.45, 7) is 7.39. The number of hydrogen-bond donors (Lipinski definition) is 2. The Kier molecular flexibility index (Phi) is 5.35. The predicted molar refractivity (Wildman–Crippen MR) is 111 cm³/mol. The highest BCUT2D eigenvalue weighted by Gasteiger charge is 2.32. The first kappa shape index (κ1) is 18.8. The highest BCUT2D eigenvalue weighted by atomic mass is 16.2. The van der Waals surface area contributed by atoms with Gasteiger partial charge in [0.25, 0.3) is 5.91 Å². The molecule has 7 nitrogen and oxygen atoms in total.